The summed E-state index contributed by atoms with van der Waals surface area (Å²) < 4.78 is 1.50. The molecule has 0 bridgehead atoms. The molecule has 0 aliphatic carbocycles. The maximum absolute atomic E-state index is 5.19. The third kappa shape index (κ3) is 3.52. The fourth-order valence-corrected chi connectivity index (χ4v) is 1.61. The lowest BCUT2D eigenvalue weighted by molar-refractivity contribution is 1.02. The largest absolute Gasteiger partial charge is 0.340 e. The molecule has 90 valence electrons. The Morgan fingerprint density at radius 2 is 0.944 bits per heavy atom. The SMILES string of the molecule is Nn1cccc1.c1ccc(-c2ccccc2)cc1. The molecule has 0 atom stereocenters. The quantitative estimate of drug-likeness (QED) is 0.643. The molecule has 0 saturated carbocycles. The second-order valence-electron chi connectivity index (χ2n) is 3.86. The van der Waals surface area contributed by atoms with E-state index in [1.165, 1.54) is 15.8 Å². The van der Waals surface area contributed by atoms with Crippen molar-refractivity contribution in [3.8, 4) is 11.1 Å². The molecule has 0 radical (unpaired) electrons. The van der Waals surface area contributed by atoms with Gasteiger partial charge in [0.05, 0.1) is 0 Å². The molecule has 2 N–H and O–H groups in total. The van der Waals surface area contributed by atoms with Gasteiger partial charge in [-0.15, -0.1) is 0 Å². The van der Waals surface area contributed by atoms with Crippen LogP contribution in [0.15, 0.2) is 85.2 Å². The van der Waals surface area contributed by atoms with Gasteiger partial charge in [0.25, 0.3) is 0 Å². The molecule has 0 amide bonds. The minimum Gasteiger partial charge on any atom is -0.340 e. The van der Waals surface area contributed by atoms with Gasteiger partial charge in [0.15, 0.2) is 0 Å². The minimum atomic E-state index is 1.28. The molecule has 0 aliphatic heterocycles. The number of nitrogens with zero attached hydrogens (tertiary/aromatic N) is 1. The van der Waals surface area contributed by atoms with E-state index in [4.69, 9.17) is 5.84 Å². The van der Waals surface area contributed by atoms with Crippen molar-refractivity contribution in [1.82, 2.24) is 4.68 Å². The first-order chi connectivity index (χ1) is 8.86. The summed E-state index contributed by atoms with van der Waals surface area (Å²) in [6.45, 7) is 0. The van der Waals surface area contributed by atoms with Gasteiger partial charge >= 0.3 is 0 Å². The molecule has 0 saturated heterocycles. The second-order valence-corrected chi connectivity index (χ2v) is 3.86. The monoisotopic (exact) mass is 236 g/mol. The summed E-state index contributed by atoms with van der Waals surface area (Å²) in [5.41, 5.74) is 2.55. The number of nitrogen functional groups attached to an aromatic ring is 1. The van der Waals surface area contributed by atoms with E-state index >= 15 is 0 Å². The van der Waals surface area contributed by atoms with Gasteiger partial charge in [-0.2, -0.15) is 0 Å². The molecule has 2 aromatic carbocycles. The number of benzene rings is 2. The third-order valence-electron chi connectivity index (χ3n) is 2.51. The number of hydrogen-bond donors (Lipinski definition) is 1. The summed E-state index contributed by atoms with van der Waals surface area (Å²) in [6.07, 6.45) is 3.56. The zero-order valence-electron chi connectivity index (χ0n) is 10.1. The van der Waals surface area contributed by atoms with Crippen LogP contribution in [0, 0.1) is 0 Å². The number of aromatic nitrogens is 1. The second kappa shape index (κ2) is 6.30. The topological polar surface area (TPSA) is 30.9 Å². The Morgan fingerprint density at radius 3 is 1.22 bits per heavy atom. The molecular weight excluding hydrogens is 220 g/mol. The van der Waals surface area contributed by atoms with Crippen molar-refractivity contribution in [2.45, 2.75) is 0 Å². The summed E-state index contributed by atoms with van der Waals surface area (Å²) in [6, 6.07) is 24.5. The van der Waals surface area contributed by atoms with Crippen LogP contribution >= 0.6 is 0 Å². The first kappa shape index (κ1) is 12.0. The highest BCUT2D eigenvalue weighted by Crippen LogP contribution is 2.17. The number of nitrogens with two attached hydrogens (primary N) is 1. The van der Waals surface area contributed by atoms with E-state index in [0.717, 1.165) is 0 Å². The average molecular weight is 236 g/mol. The van der Waals surface area contributed by atoms with Crippen LogP contribution < -0.4 is 5.84 Å². The van der Waals surface area contributed by atoms with Crippen LogP contribution in [-0.4, -0.2) is 4.68 Å². The van der Waals surface area contributed by atoms with Crippen LogP contribution in [0.1, 0.15) is 0 Å². The van der Waals surface area contributed by atoms with Gasteiger partial charge in [-0.1, -0.05) is 60.7 Å². The Labute approximate surface area is 107 Å². The van der Waals surface area contributed by atoms with E-state index in [-0.39, 0.29) is 0 Å². The summed E-state index contributed by atoms with van der Waals surface area (Å²) in [5, 5.41) is 0. The molecule has 1 heterocycles. The van der Waals surface area contributed by atoms with Crippen LogP contribution in [0.4, 0.5) is 0 Å². The van der Waals surface area contributed by atoms with Crippen molar-refractivity contribution < 1.29 is 0 Å². The lowest BCUT2D eigenvalue weighted by Gasteiger charge is -1.98. The molecule has 18 heavy (non-hydrogen) atoms. The molecule has 0 unspecified atom stereocenters. The molecule has 0 aliphatic rings. The highest BCUT2D eigenvalue weighted by atomic mass is 15.3. The van der Waals surface area contributed by atoms with Crippen molar-refractivity contribution in [2.75, 3.05) is 5.84 Å². The van der Waals surface area contributed by atoms with E-state index in [1.54, 1.807) is 12.4 Å². The van der Waals surface area contributed by atoms with Crippen molar-refractivity contribution in [3.05, 3.63) is 85.2 Å². The Balaban J connectivity index is 0.000000169. The fraction of sp³-hybridized carbons (Fsp3) is 0. The lowest BCUT2D eigenvalue weighted by Crippen LogP contribution is -2.02. The van der Waals surface area contributed by atoms with Crippen molar-refractivity contribution >= 4 is 0 Å². The van der Waals surface area contributed by atoms with Crippen molar-refractivity contribution in [1.29, 1.82) is 0 Å². The highest BCUT2D eigenvalue weighted by molar-refractivity contribution is 5.62. The normalized spacial score (nSPS) is 9.33. The highest BCUT2D eigenvalue weighted by Gasteiger charge is 1.91. The van der Waals surface area contributed by atoms with Gasteiger partial charge in [-0.05, 0) is 23.3 Å². The molecule has 0 spiro atoms. The third-order valence-corrected chi connectivity index (χ3v) is 2.51. The van der Waals surface area contributed by atoms with E-state index in [2.05, 4.69) is 48.5 Å². The predicted octanol–water partition coefficient (Wildman–Crippen LogP) is 3.56. The molecule has 3 rings (SSSR count). The van der Waals surface area contributed by atoms with Gasteiger partial charge < -0.3 is 5.84 Å². The van der Waals surface area contributed by atoms with Crippen LogP contribution in [0.25, 0.3) is 11.1 Å². The maximum atomic E-state index is 5.19. The number of rotatable bonds is 1. The van der Waals surface area contributed by atoms with Gasteiger partial charge in [0.2, 0.25) is 0 Å². The molecule has 2 heteroatoms. The molecular formula is C16H16N2. The summed E-state index contributed by atoms with van der Waals surface area (Å²) in [7, 11) is 0. The van der Waals surface area contributed by atoms with Crippen LogP contribution in [0.5, 0.6) is 0 Å². The Hall–Kier alpha value is -2.48. The Bertz CT molecular complexity index is 505. The van der Waals surface area contributed by atoms with Crippen molar-refractivity contribution in [3.63, 3.8) is 0 Å². The molecule has 2 nitrogen and oxygen atoms in total. The van der Waals surface area contributed by atoms with Crippen LogP contribution in [0.3, 0.4) is 0 Å². The Morgan fingerprint density at radius 1 is 0.556 bits per heavy atom. The van der Waals surface area contributed by atoms with Gasteiger partial charge in [-0.3, -0.25) is 4.68 Å². The smallest absolute Gasteiger partial charge is 0.0256 e. The van der Waals surface area contributed by atoms with E-state index in [0.29, 0.717) is 0 Å². The maximum Gasteiger partial charge on any atom is 0.0256 e. The van der Waals surface area contributed by atoms with E-state index in [1.807, 2.05) is 24.3 Å². The molecule has 3 aromatic rings. The lowest BCUT2D eigenvalue weighted by atomic mass is 10.1. The average Bonchev–Trinajstić information content (AvgIpc) is 2.93. The van der Waals surface area contributed by atoms with E-state index < -0.39 is 0 Å². The summed E-state index contributed by atoms with van der Waals surface area (Å²) >= 11 is 0. The number of hydrogen-bond acceptors (Lipinski definition) is 1. The van der Waals surface area contributed by atoms with E-state index in [9.17, 15) is 0 Å². The first-order valence-corrected chi connectivity index (χ1v) is 5.85. The Kier molecular flexibility index (Phi) is 4.20. The first-order valence-electron chi connectivity index (χ1n) is 5.85. The van der Waals surface area contributed by atoms with Crippen LogP contribution in [0.2, 0.25) is 0 Å². The zero-order chi connectivity index (χ0) is 12.6. The fourth-order valence-electron chi connectivity index (χ4n) is 1.61. The summed E-state index contributed by atoms with van der Waals surface area (Å²) in [5.74, 6) is 5.19. The zero-order valence-corrected chi connectivity index (χ0v) is 10.1. The van der Waals surface area contributed by atoms with Gasteiger partial charge in [0, 0.05) is 12.4 Å². The van der Waals surface area contributed by atoms with Crippen molar-refractivity contribution in [2.24, 2.45) is 0 Å². The standard InChI is InChI=1S/C12H10.C4H6N2/c1-3-7-11(8-4-1)12-9-5-2-6-10-12;5-6-3-1-2-4-6/h1-10H;1-4H,5H2. The molecule has 0 fully saturated rings. The predicted molar refractivity (Wildman–Crippen MR) is 76.5 cm³/mol. The van der Waals surface area contributed by atoms with Gasteiger partial charge in [-0.25, -0.2) is 0 Å². The summed E-state index contributed by atoms with van der Waals surface area (Å²) in [4.78, 5) is 0. The van der Waals surface area contributed by atoms with Gasteiger partial charge in [0.1, 0.15) is 0 Å². The minimum absolute atomic E-state index is 1.28. The van der Waals surface area contributed by atoms with Crippen LogP contribution in [-0.2, 0) is 0 Å². The molecule has 1 aromatic heterocycles.